The van der Waals surface area contributed by atoms with E-state index in [1.54, 1.807) is 0 Å². The minimum absolute atomic E-state index is 0.932. The highest BCUT2D eigenvalue weighted by Gasteiger charge is 2.11. The van der Waals surface area contributed by atoms with E-state index < -0.39 is 0 Å². The van der Waals surface area contributed by atoms with E-state index in [0.29, 0.717) is 0 Å². The monoisotopic (exact) mass is 415 g/mol. The lowest BCUT2D eigenvalue weighted by Gasteiger charge is -2.19. The van der Waals surface area contributed by atoms with Crippen LogP contribution in [0.15, 0.2) is 48.7 Å². The average molecular weight is 416 g/mol. The largest absolute Gasteiger partial charge is 0.351 e. The molecule has 0 spiro atoms. The number of rotatable bonds is 7. The van der Waals surface area contributed by atoms with Gasteiger partial charge in [0, 0.05) is 38.6 Å². The summed E-state index contributed by atoms with van der Waals surface area (Å²) in [6, 6.07) is 15.1. The Morgan fingerprint density at radius 1 is 0.935 bits per heavy atom. The van der Waals surface area contributed by atoms with E-state index in [9.17, 15) is 0 Å². The first-order chi connectivity index (χ1) is 15.2. The van der Waals surface area contributed by atoms with Gasteiger partial charge in [0.15, 0.2) is 0 Å². The van der Waals surface area contributed by atoms with Gasteiger partial charge in [-0.15, -0.1) is 0 Å². The molecule has 0 atom stereocenters. The van der Waals surface area contributed by atoms with Crippen molar-refractivity contribution in [1.29, 1.82) is 0 Å². The Morgan fingerprint density at radius 2 is 1.81 bits per heavy atom. The second-order valence-corrected chi connectivity index (χ2v) is 8.45. The number of aromatic amines is 1. The molecule has 31 heavy (non-hydrogen) atoms. The molecule has 0 unspecified atom stereocenters. The molecule has 5 heteroatoms. The van der Waals surface area contributed by atoms with Crippen molar-refractivity contribution < 1.29 is 0 Å². The van der Waals surface area contributed by atoms with Gasteiger partial charge in [0.25, 0.3) is 0 Å². The number of aryl methyl sites for hydroxylation is 1. The van der Waals surface area contributed by atoms with Crippen LogP contribution in [0.1, 0.15) is 34.6 Å². The lowest BCUT2D eigenvalue weighted by Crippen LogP contribution is -2.30. The van der Waals surface area contributed by atoms with Crippen molar-refractivity contribution in [3.8, 4) is 0 Å². The molecule has 0 saturated carbocycles. The SMILES string of the molecule is CN1CCCN(CCc2ccc(/C=C/c3cc(/C=C/c4cccn4C)[nH]n3)cc2)CC1. The zero-order valence-corrected chi connectivity index (χ0v) is 18.7. The maximum absolute atomic E-state index is 4.39. The van der Waals surface area contributed by atoms with E-state index in [1.807, 2.05) is 19.3 Å². The number of hydrogen-bond donors (Lipinski definition) is 1. The predicted octanol–water partition coefficient (Wildman–Crippen LogP) is 4.27. The van der Waals surface area contributed by atoms with Gasteiger partial charge in [-0.25, -0.2) is 0 Å². The van der Waals surface area contributed by atoms with Gasteiger partial charge in [-0.3, -0.25) is 5.10 Å². The van der Waals surface area contributed by atoms with Gasteiger partial charge >= 0.3 is 0 Å². The third-order valence-electron chi connectivity index (χ3n) is 5.99. The fourth-order valence-electron chi connectivity index (χ4n) is 3.93. The van der Waals surface area contributed by atoms with E-state index >= 15 is 0 Å². The molecule has 1 aliphatic heterocycles. The summed E-state index contributed by atoms with van der Waals surface area (Å²) in [5.74, 6) is 0. The molecule has 1 aromatic carbocycles. The molecular weight excluding hydrogens is 382 g/mol. The first-order valence-corrected chi connectivity index (χ1v) is 11.2. The molecule has 1 aliphatic rings. The summed E-state index contributed by atoms with van der Waals surface area (Å²) in [6.07, 6.45) is 12.7. The van der Waals surface area contributed by atoms with Crippen molar-refractivity contribution in [2.24, 2.45) is 7.05 Å². The van der Waals surface area contributed by atoms with Gasteiger partial charge in [-0.2, -0.15) is 5.10 Å². The Labute approximate surface area is 185 Å². The molecular formula is C26H33N5. The van der Waals surface area contributed by atoms with Crippen molar-refractivity contribution in [3.63, 3.8) is 0 Å². The quantitative estimate of drug-likeness (QED) is 0.626. The van der Waals surface area contributed by atoms with Gasteiger partial charge in [0.2, 0.25) is 0 Å². The van der Waals surface area contributed by atoms with Crippen molar-refractivity contribution in [2.75, 3.05) is 39.8 Å². The summed E-state index contributed by atoms with van der Waals surface area (Å²) in [5.41, 5.74) is 5.69. The molecule has 1 fully saturated rings. The topological polar surface area (TPSA) is 40.1 Å². The Balaban J connectivity index is 1.28. The lowest BCUT2D eigenvalue weighted by atomic mass is 10.1. The predicted molar refractivity (Wildman–Crippen MR) is 131 cm³/mol. The average Bonchev–Trinajstić information content (AvgIpc) is 3.35. The Hall–Kier alpha value is -2.89. The van der Waals surface area contributed by atoms with Crippen molar-refractivity contribution >= 4 is 24.3 Å². The summed E-state index contributed by atoms with van der Waals surface area (Å²) < 4.78 is 2.09. The van der Waals surface area contributed by atoms with E-state index in [1.165, 1.54) is 43.7 Å². The number of nitrogens with zero attached hydrogens (tertiary/aromatic N) is 4. The van der Waals surface area contributed by atoms with E-state index in [-0.39, 0.29) is 0 Å². The van der Waals surface area contributed by atoms with Crippen LogP contribution in [-0.4, -0.2) is 64.3 Å². The van der Waals surface area contributed by atoms with Crippen LogP contribution < -0.4 is 0 Å². The summed E-state index contributed by atoms with van der Waals surface area (Å²) in [4.78, 5) is 5.03. The molecule has 1 N–H and O–H groups in total. The van der Waals surface area contributed by atoms with Crippen LogP contribution in [0, 0.1) is 0 Å². The number of likely N-dealkylation sites (N-methyl/N-ethyl adjacent to an activating group) is 1. The summed E-state index contributed by atoms with van der Waals surface area (Å²) in [7, 11) is 4.26. The van der Waals surface area contributed by atoms with Gasteiger partial charge < -0.3 is 14.4 Å². The van der Waals surface area contributed by atoms with Gasteiger partial charge in [-0.05, 0) is 80.5 Å². The molecule has 0 bridgehead atoms. The summed E-state index contributed by atoms with van der Waals surface area (Å²) in [5, 5.41) is 7.47. The number of nitrogens with one attached hydrogen (secondary N) is 1. The first kappa shape index (κ1) is 21.3. The standard InChI is InChI=1S/C26H33N5/c1-29-15-4-17-31(20-19-29)18-14-23-8-6-22(7-9-23)10-11-24-21-25(28-27-24)12-13-26-5-3-16-30(26)2/h3,5-13,16,21H,4,14-15,17-20H2,1-2H3,(H,27,28)/b11-10+,13-12+. The normalized spacial score (nSPS) is 16.5. The second-order valence-electron chi connectivity index (χ2n) is 8.45. The van der Waals surface area contributed by atoms with Crippen LogP contribution in [0.5, 0.6) is 0 Å². The number of H-pyrrole nitrogens is 1. The zero-order chi connectivity index (χ0) is 21.5. The highest BCUT2D eigenvalue weighted by atomic mass is 15.2. The number of benzene rings is 1. The van der Waals surface area contributed by atoms with Crippen LogP contribution in [-0.2, 0) is 13.5 Å². The summed E-state index contributed by atoms with van der Waals surface area (Å²) in [6.45, 7) is 5.95. The molecule has 5 nitrogen and oxygen atoms in total. The molecule has 0 amide bonds. The fourth-order valence-corrected chi connectivity index (χ4v) is 3.93. The number of hydrogen-bond acceptors (Lipinski definition) is 3. The van der Waals surface area contributed by atoms with E-state index in [4.69, 9.17) is 0 Å². The lowest BCUT2D eigenvalue weighted by molar-refractivity contribution is 0.279. The van der Waals surface area contributed by atoms with Crippen molar-refractivity contribution in [1.82, 2.24) is 24.6 Å². The van der Waals surface area contributed by atoms with E-state index in [0.717, 1.165) is 30.0 Å². The molecule has 4 rings (SSSR count). The molecule has 162 valence electrons. The minimum Gasteiger partial charge on any atom is -0.351 e. The maximum atomic E-state index is 4.39. The van der Waals surface area contributed by atoms with Crippen LogP contribution in [0.3, 0.4) is 0 Å². The molecule has 0 aliphatic carbocycles. The Kier molecular flexibility index (Phi) is 7.18. The van der Waals surface area contributed by atoms with E-state index in [2.05, 4.69) is 92.3 Å². The third-order valence-corrected chi connectivity index (χ3v) is 5.99. The summed E-state index contributed by atoms with van der Waals surface area (Å²) >= 11 is 0. The van der Waals surface area contributed by atoms with Crippen LogP contribution in [0.25, 0.3) is 24.3 Å². The Morgan fingerprint density at radius 3 is 2.61 bits per heavy atom. The van der Waals surface area contributed by atoms with Crippen LogP contribution in [0.2, 0.25) is 0 Å². The minimum atomic E-state index is 0.932. The molecule has 3 aromatic rings. The highest BCUT2D eigenvalue weighted by Crippen LogP contribution is 2.12. The first-order valence-electron chi connectivity index (χ1n) is 11.2. The number of aromatic nitrogens is 3. The Bertz CT molecular complexity index is 1010. The van der Waals surface area contributed by atoms with Crippen molar-refractivity contribution in [2.45, 2.75) is 12.8 Å². The van der Waals surface area contributed by atoms with Gasteiger partial charge in [0.05, 0.1) is 11.4 Å². The van der Waals surface area contributed by atoms with Crippen molar-refractivity contribution in [3.05, 3.63) is 76.9 Å². The molecule has 1 saturated heterocycles. The van der Waals surface area contributed by atoms with Crippen LogP contribution >= 0.6 is 0 Å². The molecule has 0 radical (unpaired) electrons. The smallest absolute Gasteiger partial charge is 0.0854 e. The molecule has 3 heterocycles. The third kappa shape index (κ3) is 6.29. The van der Waals surface area contributed by atoms with Crippen LogP contribution in [0.4, 0.5) is 0 Å². The molecule has 2 aromatic heterocycles. The van der Waals surface area contributed by atoms with Gasteiger partial charge in [-0.1, -0.05) is 30.3 Å². The maximum Gasteiger partial charge on any atom is 0.0854 e. The second kappa shape index (κ2) is 10.4. The highest BCUT2D eigenvalue weighted by molar-refractivity contribution is 5.71. The van der Waals surface area contributed by atoms with Gasteiger partial charge in [0.1, 0.15) is 0 Å². The fraction of sp³-hybridized carbons (Fsp3) is 0.346. The zero-order valence-electron chi connectivity index (χ0n) is 18.7.